The van der Waals surface area contributed by atoms with Gasteiger partial charge in [-0.2, -0.15) is 118 Å². The molecule has 3 aliphatic rings. The van der Waals surface area contributed by atoms with Gasteiger partial charge in [-0.25, -0.2) is 0 Å². The fourth-order valence-electron chi connectivity index (χ4n) is 5.64. The summed E-state index contributed by atoms with van der Waals surface area (Å²) < 4.78 is 0. The molecule has 43 heteroatoms. The number of phenols is 3. The Kier molecular flexibility index (Phi) is 181. The quantitative estimate of drug-likeness (QED) is 0.0553. The van der Waals surface area contributed by atoms with Crippen molar-refractivity contribution in [3.63, 3.8) is 0 Å². The van der Waals surface area contributed by atoms with Crippen molar-refractivity contribution in [1.29, 1.82) is 5.26 Å². The van der Waals surface area contributed by atoms with Crippen molar-refractivity contribution in [2.75, 3.05) is 118 Å². The van der Waals surface area contributed by atoms with E-state index >= 15 is 0 Å². The van der Waals surface area contributed by atoms with Gasteiger partial charge >= 0.3 is 90.0 Å². The van der Waals surface area contributed by atoms with Crippen molar-refractivity contribution in [1.82, 2.24) is 4.98 Å². The summed E-state index contributed by atoms with van der Waals surface area (Å²) in [6.07, 6.45) is 6.17. The molecule has 569 valence electrons. The molecule has 0 aliphatic carbocycles. The van der Waals surface area contributed by atoms with Gasteiger partial charge in [0.05, 0.1) is 20.3 Å². The van der Waals surface area contributed by atoms with Crippen LogP contribution in [0.4, 0.5) is 0 Å². The number of rotatable bonds is 0. The second-order valence-corrected chi connectivity index (χ2v) is 15.7. The molecule has 1 aromatic heterocycles. The van der Waals surface area contributed by atoms with E-state index in [-0.39, 0.29) is 126 Å². The van der Waals surface area contributed by atoms with E-state index in [9.17, 15) is 15.3 Å². The Morgan fingerprint density at radius 2 is 0.600 bits per heavy atom. The number of aromatic nitrogens is 1. The molecular weight excluding hydrogens is 1530 g/mol. The Hall–Kier alpha value is -4.30. The summed E-state index contributed by atoms with van der Waals surface area (Å²) in [5.41, 5.74) is 0.662. The second kappa shape index (κ2) is 131. The monoisotopic (exact) mass is 1620 g/mol. The standard InChI is InChI=1S/2C10H7O.C9H7NO.3C6H12N3.2C3H8.C3H7.CN.4Co.6HNO2.3Na.4H2O.H/c2*11-10-7-3-5-8-4-1-2-6-9(8)10;11-8-5-1-3-7-4-2-6-10-9(7)8;3*1-2-8-5-6-9-4-3-7-1;3*1-3-2;1-2;;;;;6*2-1-3;;;;;;;;/h2*1-5,7,11H;1-6,11H;3*1-6H2;2*3H2,1-2H3;3H,1-2H3;;;;;;6*(H,2,3);;;;4*1H2;/q2*-1;;3*-3;;;+1;-1;;;;+3;;;;;;;;;+1;;;;;-1/p-6. The predicted octanol–water partition coefficient (Wildman–Crippen LogP) is 8.70. The summed E-state index contributed by atoms with van der Waals surface area (Å²) >= 11 is 2.89. The van der Waals surface area contributed by atoms with Crippen molar-refractivity contribution < 1.29 is 135 Å². The molecule has 3 radical (unpaired) electrons. The SMILES string of the molecule is C1C[N-]CC[N-]CC[N-]1.C1C[N-]CC[N-]CC[N-]1.C1C[N-]CC[N-]CC[N-]1.CCC.CCC.C[CH+]C.O.O.O.O.O=N[O-].O=N[O-].O=N[O-].O=N[O-].O=N[O-].O=N[O-].Oc1cccc2ccc[c-]c12.Oc1cccc2ccc[c-]c12.Oc1cccc2cccnc12.[C-]#N.[Co+3].[Co].[Co].[Co].[H-].[Na+].[Na][Na]. The van der Waals surface area contributed by atoms with E-state index in [0.29, 0.717) is 17.0 Å². The normalized spacial score (nSPS) is 11.2. The van der Waals surface area contributed by atoms with Gasteiger partial charge in [0.25, 0.3) is 0 Å². The molecule has 9 rings (SSSR count). The van der Waals surface area contributed by atoms with Crippen LogP contribution in [0.2, 0.25) is 0 Å². The van der Waals surface area contributed by atoms with Crippen LogP contribution in [-0.2, 0) is 67.1 Å². The van der Waals surface area contributed by atoms with Gasteiger partial charge in [0, 0.05) is 73.4 Å². The number of pyridine rings is 1. The fraction of sp³-hybridized carbons (Fsp3) is 0.456. The Morgan fingerprint density at radius 1 is 0.430 bits per heavy atom. The Balaban J connectivity index is -0.0000000466. The number of benzene rings is 5. The Labute approximate surface area is 679 Å². The van der Waals surface area contributed by atoms with Crippen molar-refractivity contribution in [2.45, 2.75) is 54.4 Å². The molecule has 3 saturated heterocycles. The van der Waals surface area contributed by atoms with Crippen LogP contribution in [0.1, 0.15) is 55.8 Å². The van der Waals surface area contributed by atoms with Crippen LogP contribution in [0.3, 0.4) is 0 Å². The molecule has 100 heavy (non-hydrogen) atoms. The van der Waals surface area contributed by atoms with Crippen LogP contribution < -0.4 is 29.6 Å². The molecule has 3 fully saturated rings. The number of phenolic OH excluding ortho intramolecular Hbond substituents is 3. The van der Waals surface area contributed by atoms with E-state index in [4.69, 9.17) is 72.5 Å². The molecule has 0 spiro atoms. The zero-order valence-corrected chi connectivity index (χ0v) is 67.5. The molecule has 6 aromatic rings. The molecule has 0 amide bonds. The summed E-state index contributed by atoms with van der Waals surface area (Å²) in [7, 11) is 0. The summed E-state index contributed by atoms with van der Waals surface area (Å²) in [6.45, 7) is 33.4. The zero-order chi connectivity index (χ0) is 70.5. The van der Waals surface area contributed by atoms with E-state index in [2.05, 4.69) is 92.7 Å². The summed E-state index contributed by atoms with van der Waals surface area (Å²) in [6, 6.07) is 37.2. The average Bonchev–Trinajstić information content (AvgIpc) is 0.995. The van der Waals surface area contributed by atoms with Gasteiger partial charge in [-0.3, -0.25) is 4.98 Å². The van der Waals surface area contributed by atoms with E-state index in [1.807, 2.05) is 87.0 Å². The molecule has 0 saturated carbocycles. The Bertz CT molecular complexity index is 2150. The van der Waals surface area contributed by atoms with Gasteiger partial charge in [-0.1, -0.05) is 95.1 Å². The van der Waals surface area contributed by atoms with Crippen molar-refractivity contribution in [3.8, 4) is 17.2 Å². The van der Waals surface area contributed by atoms with Crippen LogP contribution in [0.5, 0.6) is 17.2 Å². The number of hydrogen-bond acceptors (Lipinski definition) is 23. The minimum absolute atomic E-state index is 0. The first-order chi connectivity index (χ1) is 44.4. The van der Waals surface area contributed by atoms with E-state index in [1.165, 1.54) is 56.5 Å². The van der Waals surface area contributed by atoms with Gasteiger partial charge in [-0.05, 0) is 12.1 Å². The van der Waals surface area contributed by atoms with Crippen molar-refractivity contribution in [2.24, 2.45) is 32.0 Å². The zero-order valence-electron chi connectivity index (χ0n) is 58.3. The number of fused-ring (bicyclic) bond motifs is 3. The third-order valence-electron chi connectivity index (χ3n) is 8.71. The molecule has 11 N–H and O–H groups in total. The first-order valence-corrected chi connectivity index (χ1v) is 35.9. The van der Waals surface area contributed by atoms with Crippen LogP contribution in [0, 0.1) is 91.1 Å². The van der Waals surface area contributed by atoms with Crippen LogP contribution in [-0.4, -0.2) is 204 Å². The van der Waals surface area contributed by atoms with Crippen LogP contribution in [0.25, 0.3) is 80.3 Å². The molecule has 4 heterocycles. The van der Waals surface area contributed by atoms with Crippen LogP contribution in [0.15, 0.2) is 141 Å². The van der Waals surface area contributed by atoms with E-state index in [0.717, 1.165) is 177 Å². The van der Waals surface area contributed by atoms with Crippen molar-refractivity contribution in [3.05, 3.63) is 243 Å². The van der Waals surface area contributed by atoms with Crippen LogP contribution >= 0.6 is 0 Å². The third-order valence-corrected chi connectivity index (χ3v) is 8.71. The first kappa shape index (κ1) is 139. The molecule has 0 atom stereocenters. The average molecular weight is 1620 g/mol. The maximum atomic E-state index is 9.34. The molecule has 3 aliphatic heterocycles. The summed E-state index contributed by atoms with van der Waals surface area (Å²) in [4.78, 5) is 52.0. The molecular formula is C57H89Co4N17Na3O19-14. The molecule has 0 bridgehead atoms. The maximum absolute atomic E-state index is 9.34. The number of hydrogen-bond donors (Lipinski definition) is 3. The number of aromatic hydroxyl groups is 3. The molecule has 0 unspecified atom stereocenters. The van der Waals surface area contributed by atoms with Crippen molar-refractivity contribution >= 4 is 76.1 Å². The van der Waals surface area contributed by atoms with E-state index in [1.54, 1.807) is 42.6 Å². The Morgan fingerprint density at radius 3 is 0.790 bits per heavy atom. The van der Waals surface area contributed by atoms with Gasteiger partial charge in [0.15, 0.2) is 0 Å². The number of nitrogens with zero attached hydrogens (tertiary/aromatic N) is 17. The van der Waals surface area contributed by atoms with Gasteiger partial charge in [-0.15, -0.1) is 102 Å². The minimum atomic E-state index is 0. The molecule has 36 nitrogen and oxygen atoms in total. The third kappa shape index (κ3) is 110. The summed E-state index contributed by atoms with van der Waals surface area (Å²) in [5.74, 6) is 0.828. The topological polar surface area (TPSA) is 665 Å². The van der Waals surface area contributed by atoms with E-state index < -0.39 is 0 Å². The fourth-order valence-corrected chi connectivity index (χ4v) is 5.64. The molecule has 5 aromatic carbocycles. The summed E-state index contributed by atoms with van der Waals surface area (Å²) in [5, 5.41) is 131. The first-order valence-electron chi connectivity index (χ1n) is 27.9. The van der Waals surface area contributed by atoms with Gasteiger partial charge < -0.3 is 159 Å². The second-order valence-electron chi connectivity index (χ2n) is 15.7. The predicted molar refractivity (Wildman–Crippen MR) is 385 cm³/mol. The number of para-hydroxylation sites is 1. The van der Waals surface area contributed by atoms with Gasteiger partial charge in [0.1, 0.15) is 11.3 Å². The van der Waals surface area contributed by atoms with Gasteiger partial charge in [0.2, 0.25) is 0 Å².